The molecule has 1 amide bonds. The minimum Gasteiger partial charge on any atom is -0.319 e. The summed E-state index contributed by atoms with van der Waals surface area (Å²) in [7, 11) is 0. The fraction of sp³-hybridized carbons (Fsp3) is 0. The summed E-state index contributed by atoms with van der Waals surface area (Å²) in [5, 5.41) is 3.55. The Morgan fingerprint density at radius 2 is 1.67 bits per heavy atom. The molecule has 0 heterocycles. The Labute approximate surface area is 128 Å². The van der Waals surface area contributed by atoms with Crippen LogP contribution in [0.4, 0.5) is 5.69 Å². The van der Waals surface area contributed by atoms with Gasteiger partial charge in [-0.05, 0) is 52.9 Å². The highest BCUT2D eigenvalue weighted by Gasteiger charge is 2.11. The summed E-state index contributed by atoms with van der Waals surface area (Å²) in [6.45, 7) is 0. The standard InChI is InChI=1S/C13H8Cl2INO/c14-10-5-2-6-11(15)12(10)17-13(18)8-3-1-4-9(16)7-8/h1-7H,(H,17,18). The van der Waals surface area contributed by atoms with Crippen molar-refractivity contribution in [1.82, 2.24) is 0 Å². The van der Waals surface area contributed by atoms with E-state index < -0.39 is 0 Å². The van der Waals surface area contributed by atoms with E-state index in [4.69, 9.17) is 23.2 Å². The maximum atomic E-state index is 12.0. The Hall–Kier alpha value is -0.780. The fourth-order valence-corrected chi connectivity index (χ4v) is 2.47. The molecule has 0 aliphatic heterocycles. The molecule has 0 aliphatic carbocycles. The van der Waals surface area contributed by atoms with Gasteiger partial charge < -0.3 is 5.32 Å². The van der Waals surface area contributed by atoms with Crippen molar-refractivity contribution in [3.05, 3.63) is 61.6 Å². The molecule has 1 N–H and O–H groups in total. The van der Waals surface area contributed by atoms with Crippen molar-refractivity contribution >= 4 is 57.4 Å². The predicted molar refractivity (Wildman–Crippen MR) is 83.6 cm³/mol. The van der Waals surface area contributed by atoms with Gasteiger partial charge in [0.05, 0.1) is 15.7 Å². The number of hydrogen-bond donors (Lipinski definition) is 1. The number of rotatable bonds is 2. The summed E-state index contributed by atoms with van der Waals surface area (Å²) in [6.07, 6.45) is 0. The lowest BCUT2D eigenvalue weighted by Crippen LogP contribution is -2.12. The first kappa shape index (κ1) is 13.6. The van der Waals surface area contributed by atoms with E-state index in [1.807, 2.05) is 12.1 Å². The molecule has 0 atom stereocenters. The Morgan fingerprint density at radius 1 is 1.06 bits per heavy atom. The van der Waals surface area contributed by atoms with E-state index in [-0.39, 0.29) is 5.91 Å². The first-order chi connectivity index (χ1) is 8.58. The second kappa shape index (κ2) is 5.91. The lowest BCUT2D eigenvalue weighted by Gasteiger charge is -2.09. The zero-order valence-corrected chi connectivity index (χ0v) is 12.8. The molecule has 0 spiro atoms. The number of anilines is 1. The van der Waals surface area contributed by atoms with Gasteiger partial charge in [0.25, 0.3) is 5.91 Å². The molecule has 5 heteroatoms. The van der Waals surface area contributed by atoms with Crippen LogP contribution in [0.1, 0.15) is 10.4 Å². The normalized spacial score (nSPS) is 10.2. The van der Waals surface area contributed by atoms with Crippen molar-refractivity contribution in [2.75, 3.05) is 5.32 Å². The van der Waals surface area contributed by atoms with Crippen LogP contribution in [0.15, 0.2) is 42.5 Å². The minimum atomic E-state index is -0.233. The van der Waals surface area contributed by atoms with E-state index >= 15 is 0 Å². The van der Waals surface area contributed by atoms with Gasteiger partial charge in [0, 0.05) is 9.13 Å². The molecule has 0 saturated carbocycles. The van der Waals surface area contributed by atoms with Crippen LogP contribution in [-0.4, -0.2) is 5.91 Å². The molecule has 0 radical (unpaired) electrons. The lowest BCUT2D eigenvalue weighted by atomic mass is 10.2. The van der Waals surface area contributed by atoms with E-state index in [0.29, 0.717) is 21.3 Å². The fourth-order valence-electron chi connectivity index (χ4n) is 1.43. The Kier molecular flexibility index (Phi) is 4.48. The van der Waals surface area contributed by atoms with Crippen molar-refractivity contribution in [3.8, 4) is 0 Å². The molecule has 0 saturated heterocycles. The highest BCUT2D eigenvalue weighted by molar-refractivity contribution is 14.1. The molecule has 2 aromatic carbocycles. The summed E-state index contributed by atoms with van der Waals surface area (Å²) in [6, 6.07) is 12.4. The molecule has 92 valence electrons. The van der Waals surface area contributed by atoms with Crippen molar-refractivity contribution in [1.29, 1.82) is 0 Å². The quantitative estimate of drug-likeness (QED) is 0.728. The molecule has 0 unspecified atom stereocenters. The Balaban J connectivity index is 2.27. The maximum Gasteiger partial charge on any atom is 0.255 e. The molecule has 0 aromatic heterocycles. The number of hydrogen-bond acceptors (Lipinski definition) is 1. The second-order valence-electron chi connectivity index (χ2n) is 3.56. The molecule has 2 rings (SSSR count). The van der Waals surface area contributed by atoms with Crippen LogP contribution in [0.2, 0.25) is 10.0 Å². The molecular formula is C13H8Cl2INO. The number of carbonyl (C=O) groups excluding carboxylic acids is 1. The van der Waals surface area contributed by atoms with Crippen molar-refractivity contribution in [2.24, 2.45) is 0 Å². The number of halogens is 3. The average Bonchev–Trinajstić information content (AvgIpc) is 2.34. The summed E-state index contributed by atoms with van der Waals surface area (Å²) in [4.78, 5) is 12.0. The highest BCUT2D eigenvalue weighted by atomic mass is 127. The number of para-hydroxylation sites is 1. The van der Waals surface area contributed by atoms with E-state index in [0.717, 1.165) is 3.57 Å². The van der Waals surface area contributed by atoms with Crippen LogP contribution < -0.4 is 5.32 Å². The third-order valence-corrected chi connectivity index (χ3v) is 3.59. The smallest absolute Gasteiger partial charge is 0.255 e. The molecule has 0 bridgehead atoms. The van der Waals surface area contributed by atoms with Gasteiger partial charge in [0.1, 0.15) is 0 Å². The van der Waals surface area contributed by atoms with Crippen LogP contribution in [0, 0.1) is 3.57 Å². The van der Waals surface area contributed by atoms with E-state index in [2.05, 4.69) is 27.9 Å². The number of amides is 1. The Morgan fingerprint density at radius 3 is 2.28 bits per heavy atom. The molecule has 0 aliphatic rings. The predicted octanol–water partition coefficient (Wildman–Crippen LogP) is 4.85. The first-order valence-electron chi connectivity index (χ1n) is 5.09. The van der Waals surface area contributed by atoms with Gasteiger partial charge in [0.2, 0.25) is 0 Å². The highest BCUT2D eigenvalue weighted by Crippen LogP contribution is 2.30. The van der Waals surface area contributed by atoms with Gasteiger partial charge in [-0.2, -0.15) is 0 Å². The molecular weight excluding hydrogens is 384 g/mol. The maximum absolute atomic E-state index is 12.0. The van der Waals surface area contributed by atoms with Gasteiger partial charge in [0.15, 0.2) is 0 Å². The van der Waals surface area contributed by atoms with Gasteiger partial charge in [-0.3, -0.25) is 4.79 Å². The van der Waals surface area contributed by atoms with Crippen LogP contribution >= 0.6 is 45.8 Å². The monoisotopic (exact) mass is 391 g/mol. The van der Waals surface area contributed by atoms with Crippen molar-refractivity contribution < 1.29 is 4.79 Å². The number of carbonyl (C=O) groups is 1. The molecule has 2 aromatic rings. The van der Waals surface area contributed by atoms with Gasteiger partial charge in [-0.1, -0.05) is 35.3 Å². The van der Waals surface area contributed by atoms with Gasteiger partial charge in [-0.25, -0.2) is 0 Å². The minimum absolute atomic E-state index is 0.233. The summed E-state index contributed by atoms with van der Waals surface area (Å²) in [5.74, 6) is -0.233. The van der Waals surface area contributed by atoms with E-state index in [1.54, 1.807) is 30.3 Å². The van der Waals surface area contributed by atoms with Gasteiger partial charge in [-0.15, -0.1) is 0 Å². The third kappa shape index (κ3) is 3.16. The van der Waals surface area contributed by atoms with Crippen LogP contribution in [-0.2, 0) is 0 Å². The van der Waals surface area contributed by atoms with Crippen LogP contribution in [0.5, 0.6) is 0 Å². The summed E-state index contributed by atoms with van der Waals surface area (Å²) < 4.78 is 0.991. The second-order valence-corrected chi connectivity index (χ2v) is 5.62. The number of nitrogens with one attached hydrogen (secondary N) is 1. The first-order valence-corrected chi connectivity index (χ1v) is 6.92. The molecule has 2 nitrogen and oxygen atoms in total. The van der Waals surface area contributed by atoms with Gasteiger partial charge >= 0.3 is 0 Å². The third-order valence-electron chi connectivity index (χ3n) is 2.29. The lowest BCUT2D eigenvalue weighted by molar-refractivity contribution is 0.102. The topological polar surface area (TPSA) is 29.1 Å². The number of benzene rings is 2. The Bertz CT molecular complexity index is 581. The summed E-state index contributed by atoms with van der Waals surface area (Å²) in [5.41, 5.74) is 1.00. The largest absolute Gasteiger partial charge is 0.319 e. The average molecular weight is 392 g/mol. The zero-order chi connectivity index (χ0) is 13.1. The van der Waals surface area contributed by atoms with Crippen LogP contribution in [0.25, 0.3) is 0 Å². The van der Waals surface area contributed by atoms with E-state index in [9.17, 15) is 4.79 Å². The zero-order valence-electron chi connectivity index (χ0n) is 9.08. The SMILES string of the molecule is O=C(Nc1c(Cl)cccc1Cl)c1cccc(I)c1. The molecule has 18 heavy (non-hydrogen) atoms. The van der Waals surface area contributed by atoms with Crippen LogP contribution in [0.3, 0.4) is 0 Å². The molecule has 0 fully saturated rings. The van der Waals surface area contributed by atoms with Crippen molar-refractivity contribution in [2.45, 2.75) is 0 Å². The van der Waals surface area contributed by atoms with Crippen molar-refractivity contribution in [3.63, 3.8) is 0 Å². The van der Waals surface area contributed by atoms with E-state index in [1.165, 1.54) is 0 Å². The summed E-state index contributed by atoms with van der Waals surface area (Å²) >= 11 is 14.1.